The molecular weight excluding hydrogens is 344 g/mol. The molecule has 0 saturated carbocycles. The minimum absolute atomic E-state index is 0.0788. The highest BCUT2D eigenvalue weighted by Crippen LogP contribution is 2.47. The number of anilines is 1. The predicted molar refractivity (Wildman–Crippen MR) is 105 cm³/mol. The van der Waals surface area contributed by atoms with E-state index in [-0.39, 0.29) is 12.0 Å². The monoisotopic (exact) mass is 360 g/mol. The van der Waals surface area contributed by atoms with Crippen molar-refractivity contribution in [2.24, 2.45) is 11.0 Å². The smallest absolute Gasteiger partial charge is 0.124 e. The van der Waals surface area contributed by atoms with Crippen LogP contribution in [0.4, 0.5) is 5.69 Å². The number of hydrogen-bond donors (Lipinski definition) is 0. The Morgan fingerprint density at radius 3 is 2.42 bits per heavy atom. The maximum Gasteiger partial charge on any atom is 0.124 e. The molecular formula is C22H17ClN2O. The number of benzene rings is 3. The Morgan fingerprint density at radius 2 is 1.65 bits per heavy atom. The standard InChI is InChI=1S/C22H17ClN2O/c23-16-11-12-20-18(13-16)22-19(14-26-20)21(15-7-3-1-4-8-15)24-25(22)17-9-5-2-6-10-17/h1-13,19,22H,14H2. The zero-order valence-electron chi connectivity index (χ0n) is 14.0. The van der Waals surface area contributed by atoms with Crippen molar-refractivity contribution in [1.29, 1.82) is 0 Å². The second-order valence-electron chi connectivity index (χ2n) is 6.58. The number of nitrogens with zero attached hydrogens (tertiary/aromatic N) is 2. The third-order valence-electron chi connectivity index (χ3n) is 5.01. The third-order valence-corrected chi connectivity index (χ3v) is 5.25. The van der Waals surface area contributed by atoms with Crippen molar-refractivity contribution in [2.75, 3.05) is 11.6 Å². The van der Waals surface area contributed by atoms with E-state index in [1.54, 1.807) is 0 Å². The molecule has 0 amide bonds. The van der Waals surface area contributed by atoms with Gasteiger partial charge in [-0.1, -0.05) is 60.1 Å². The SMILES string of the molecule is Clc1ccc2c(c1)C1C(CO2)C(c2ccccc2)=NN1c1ccccc1. The number of halogens is 1. The molecule has 0 spiro atoms. The lowest BCUT2D eigenvalue weighted by atomic mass is 9.85. The summed E-state index contributed by atoms with van der Waals surface area (Å²) in [6.45, 7) is 0.608. The Hall–Kier alpha value is -2.78. The molecule has 128 valence electrons. The van der Waals surface area contributed by atoms with Gasteiger partial charge in [-0.3, -0.25) is 5.01 Å². The molecule has 5 rings (SSSR count). The lowest BCUT2D eigenvalue weighted by Gasteiger charge is -2.33. The van der Waals surface area contributed by atoms with Crippen molar-refractivity contribution in [2.45, 2.75) is 6.04 Å². The first-order chi connectivity index (χ1) is 12.8. The molecule has 2 heterocycles. The number of hydrogen-bond acceptors (Lipinski definition) is 3. The topological polar surface area (TPSA) is 24.8 Å². The zero-order valence-corrected chi connectivity index (χ0v) is 14.8. The van der Waals surface area contributed by atoms with Gasteiger partial charge in [0.1, 0.15) is 5.75 Å². The highest BCUT2D eigenvalue weighted by molar-refractivity contribution is 6.30. The molecule has 0 saturated heterocycles. The largest absolute Gasteiger partial charge is 0.492 e. The first-order valence-electron chi connectivity index (χ1n) is 8.72. The summed E-state index contributed by atoms with van der Waals surface area (Å²) < 4.78 is 6.06. The van der Waals surface area contributed by atoms with E-state index >= 15 is 0 Å². The van der Waals surface area contributed by atoms with Crippen LogP contribution in [0.25, 0.3) is 0 Å². The molecule has 0 fully saturated rings. The van der Waals surface area contributed by atoms with Gasteiger partial charge in [-0.25, -0.2) is 0 Å². The van der Waals surface area contributed by atoms with Gasteiger partial charge in [0, 0.05) is 10.6 Å². The third kappa shape index (κ3) is 2.47. The summed E-state index contributed by atoms with van der Waals surface area (Å²) in [6, 6.07) is 26.5. The van der Waals surface area contributed by atoms with Gasteiger partial charge in [0.05, 0.1) is 30.0 Å². The van der Waals surface area contributed by atoms with E-state index in [4.69, 9.17) is 21.4 Å². The highest BCUT2D eigenvalue weighted by Gasteiger charge is 2.44. The average molecular weight is 361 g/mol. The summed E-state index contributed by atoms with van der Waals surface area (Å²) in [5, 5.41) is 7.86. The fourth-order valence-corrected chi connectivity index (χ4v) is 4.01. The van der Waals surface area contributed by atoms with E-state index in [1.165, 1.54) is 0 Å². The van der Waals surface area contributed by atoms with Crippen LogP contribution in [0.1, 0.15) is 17.2 Å². The van der Waals surface area contributed by atoms with Crippen LogP contribution in [0, 0.1) is 5.92 Å². The Kier molecular flexibility index (Phi) is 3.68. The van der Waals surface area contributed by atoms with E-state index in [0.29, 0.717) is 11.6 Å². The molecule has 2 unspecified atom stereocenters. The van der Waals surface area contributed by atoms with Crippen LogP contribution in [-0.4, -0.2) is 12.3 Å². The summed E-state index contributed by atoms with van der Waals surface area (Å²) >= 11 is 6.30. The first kappa shape index (κ1) is 15.5. The van der Waals surface area contributed by atoms with Crippen molar-refractivity contribution in [1.82, 2.24) is 0 Å². The molecule has 0 radical (unpaired) electrons. The molecule has 26 heavy (non-hydrogen) atoms. The molecule has 0 aromatic heterocycles. The fraction of sp³-hybridized carbons (Fsp3) is 0.136. The quantitative estimate of drug-likeness (QED) is 0.618. The van der Waals surface area contributed by atoms with Gasteiger partial charge in [-0.2, -0.15) is 5.10 Å². The van der Waals surface area contributed by atoms with Crippen LogP contribution in [0.3, 0.4) is 0 Å². The lowest BCUT2D eigenvalue weighted by molar-refractivity contribution is 0.239. The van der Waals surface area contributed by atoms with Gasteiger partial charge in [-0.15, -0.1) is 0 Å². The Balaban J connectivity index is 1.67. The summed E-state index contributed by atoms with van der Waals surface area (Å²) in [5.41, 5.74) is 4.36. The van der Waals surface area contributed by atoms with Crippen LogP contribution in [0.15, 0.2) is 84.0 Å². The second kappa shape index (κ2) is 6.19. The van der Waals surface area contributed by atoms with Crippen LogP contribution in [-0.2, 0) is 0 Å². The maximum absolute atomic E-state index is 6.30. The summed E-state index contributed by atoms with van der Waals surface area (Å²) in [7, 11) is 0. The number of fused-ring (bicyclic) bond motifs is 3. The molecule has 4 heteroatoms. The average Bonchev–Trinajstić information content (AvgIpc) is 3.09. The molecule has 2 aliphatic heterocycles. The van der Waals surface area contributed by atoms with Crippen LogP contribution in [0.2, 0.25) is 5.02 Å². The van der Waals surface area contributed by atoms with E-state index in [0.717, 1.165) is 28.3 Å². The second-order valence-corrected chi connectivity index (χ2v) is 7.01. The number of hydrazone groups is 1. The molecule has 3 aromatic carbocycles. The van der Waals surface area contributed by atoms with E-state index in [2.05, 4.69) is 29.3 Å². The van der Waals surface area contributed by atoms with Crippen molar-refractivity contribution in [3.63, 3.8) is 0 Å². The van der Waals surface area contributed by atoms with Crippen LogP contribution >= 0.6 is 11.6 Å². The molecule has 0 bridgehead atoms. The van der Waals surface area contributed by atoms with Crippen LogP contribution in [0.5, 0.6) is 5.75 Å². The van der Waals surface area contributed by atoms with Crippen molar-refractivity contribution >= 4 is 23.0 Å². The van der Waals surface area contributed by atoms with Gasteiger partial charge < -0.3 is 4.74 Å². The Labute approximate surface area is 157 Å². The van der Waals surface area contributed by atoms with E-state index < -0.39 is 0 Å². The van der Waals surface area contributed by atoms with Crippen LogP contribution < -0.4 is 9.75 Å². The predicted octanol–water partition coefficient (Wildman–Crippen LogP) is 5.31. The number of ether oxygens (including phenoxy) is 1. The minimum atomic E-state index is 0.0788. The zero-order chi connectivity index (χ0) is 17.5. The van der Waals surface area contributed by atoms with Crippen molar-refractivity contribution in [3.8, 4) is 5.75 Å². The molecule has 0 aliphatic carbocycles. The molecule has 2 atom stereocenters. The maximum atomic E-state index is 6.30. The van der Waals surface area contributed by atoms with E-state index in [1.807, 2.05) is 54.6 Å². The lowest BCUT2D eigenvalue weighted by Crippen LogP contribution is -2.34. The summed E-state index contributed by atoms with van der Waals surface area (Å²) in [5.74, 6) is 1.05. The summed E-state index contributed by atoms with van der Waals surface area (Å²) in [6.07, 6.45) is 0. The Morgan fingerprint density at radius 1 is 0.923 bits per heavy atom. The highest BCUT2D eigenvalue weighted by atomic mass is 35.5. The molecule has 3 nitrogen and oxygen atoms in total. The van der Waals surface area contributed by atoms with Gasteiger partial charge in [0.25, 0.3) is 0 Å². The number of para-hydroxylation sites is 1. The van der Waals surface area contributed by atoms with Gasteiger partial charge in [0.2, 0.25) is 0 Å². The minimum Gasteiger partial charge on any atom is -0.492 e. The fourth-order valence-electron chi connectivity index (χ4n) is 3.83. The molecule has 3 aromatic rings. The van der Waals surface area contributed by atoms with Gasteiger partial charge >= 0.3 is 0 Å². The van der Waals surface area contributed by atoms with Gasteiger partial charge in [0.15, 0.2) is 0 Å². The van der Waals surface area contributed by atoms with Crippen molar-refractivity contribution in [3.05, 3.63) is 95.0 Å². The Bertz CT molecular complexity index is 972. The first-order valence-corrected chi connectivity index (χ1v) is 9.09. The number of rotatable bonds is 2. The van der Waals surface area contributed by atoms with E-state index in [9.17, 15) is 0 Å². The normalized spacial score (nSPS) is 20.8. The molecule has 2 aliphatic rings. The van der Waals surface area contributed by atoms with Gasteiger partial charge in [-0.05, 0) is 35.9 Å². The van der Waals surface area contributed by atoms with Crippen molar-refractivity contribution < 1.29 is 4.74 Å². The molecule has 0 N–H and O–H groups in total. The summed E-state index contributed by atoms with van der Waals surface area (Å²) in [4.78, 5) is 0.